The molecule has 2 aromatic heterocycles. The molecule has 8 heteroatoms. The Bertz CT molecular complexity index is 1330. The molecule has 0 saturated carbocycles. The third kappa shape index (κ3) is 5.81. The Kier molecular flexibility index (Phi) is 7.46. The Morgan fingerprint density at radius 1 is 0.919 bits per heavy atom. The molecule has 0 radical (unpaired) electrons. The van der Waals surface area contributed by atoms with Gasteiger partial charge in [-0.15, -0.1) is 0 Å². The first-order valence-electron chi connectivity index (χ1n) is 12.4. The Morgan fingerprint density at radius 3 is 2.27 bits per heavy atom. The second kappa shape index (κ2) is 11.3. The van der Waals surface area contributed by atoms with Gasteiger partial charge in [0.15, 0.2) is 5.69 Å². The van der Waals surface area contributed by atoms with Crippen molar-refractivity contribution < 1.29 is 14.3 Å². The van der Waals surface area contributed by atoms with E-state index in [1.807, 2.05) is 59.3 Å². The van der Waals surface area contributed by atoms with Crippen LogP contribution in [-0.4, -0.2) is 46.3 Å². The third-order valence-corrected chi connectivity index (χ3v) is 6.64. The van der Waals surface area contributed by atoms with Gasteiger partial charge in [0.25, 0.3) is 5.91 Å². The van der Waals surface area contributed by atoms with Crippen molar-refractivity contribution in [3.8, 4) is 11.5 Å². The number of pyridine rings is 1. The van der Waals surface area contributed by atoms with Crippen molar-refractivity contribution in [2.45, 2.75) is 32.6 Å². The van der Waals surface area contributed by atoms with Crippen LogP contribution in [0.4, 0.5) is 0 Å². The van der Waals surface area contributed by atoms with Crippen LogP contribution in [0.15, 0.2) is 72.9 Å². The molecule has 37 heavy (non-hydrogen) atoms. The van der Waals surface area contributed by atoms with Crippen molar-refractivity contribution >= 4 is 5.91 Å². The number of hydrogen-bond acceptors (Lipinski definition) is 6. The Morgan fingerprint density at radius 2 is 1.62 bits per heavy atom. The maximum absolute atomic E-state index is 13.4. The number of nitrogens with one attached hydrogen (secondary N) is 1. The summed E-state index contributed by atoms with van der Waals surface area (Å²) < 4.78 is 12.5. The van der Waals surface area contributed by atoms with Gasteiger partial charge in [-0.3, -0.25) is 19.4 Å². The van der Waals surface area contributed by atoms with Gasteiger partial charge < -0.3 is 14.8 Å². The van der Waals surface area contributed by atoms with Crippen LogP contribution >= 0.6 is 0 Å². The zero-order valence-electron chi connectivity index (χ0n) is 21.2. The second-order valence-electron chi connectivity index (χ2n) is 9.09. The van der Waals surface area contributed by atoms with Crippen LogP contribution < -0.4 is 14.8 Å². The fraction of sp³-hybridized carbons (Fsp3) is 0.276. The number of rotatable bonds is 9. The summed E-state index contributed by atoms with van der Waals surface area (Å²) in [4.78, 5) is 20.2. The van der Waals surface area contributed by atoms with Gasteiger partial charge in [-0.05, 0) is 47.5 Å². The molecule has 190 valence electrons. The summed E-state index contributed by atoms with van der Waals surface area (Å²) in [5.41, 5.74) is 5.69. The molecular weight excluding hydrogens is 466 g/mol. The van der Waals surface area contributed by atoms with Gasteiger partial charge in [-0.1, -0.05) is 30.3 Å². The van der Waals surface area contributed by atoms with E-state index in [2.05, 4.69) is 27.3 Å². The highest BCUT2D eigenvalue weighted by Gasteiger charge is 2.28. The number of hydrogen-bond donors (Lipinski definition) is 1. The monoisotopic (exact) mass is 497 g/mol. The largest absolute Gasteiger partial charge is 0.497 e. The van der Waals surface area contributed by atoms with Crippen molar-refractivity contribution in [1.82, 2.24) is 25.0 Å². The predicted molar refractivity (Wildman–Crippen MR) is 141 cm³/mol. The minimum atomic E-state index is -0.168. The first-order chi connectivity index (χ1) is 18.1. The molecule has 1 amide bonds. The minimum absolute atomic E-state index is 0.168. The average Bonchev–Trinajstić information content (AvgIpc) is 3.30. The number of benzene rings is 2. The summed E-state index contributed by atoms with van der Waals surface area (Å²) in [6, 6.07) is 21.7. The Labute approximate surface area is 216 Å². The van der Waals surface area contributed by atoms with E-state index in [0.717, 1.165) is 53.5 Å². The van der Waals surface area contributed by atoms with E-state index in [0.29, 0.717) is 25.3 Å². The predicted octanol–water partition coefficient (Wildman–Crippen LogP) is 3.83. The van der Waals surface area contributed by atoms with Crippen molar-refractivity contribution in [3.05, 3.63) is 107 Å². The highest BCUT2D eigenvalue weighted by molar-refractivity contribution is 5.94. The number of amides is 1. The van der Waals surface area contributed by atoms with Crippen LogP contribution in [0, 0.1) is 0 Å². The van der Waals surface area contributed by atoms with Gasteiger partial charge in [0.2, 0.25) is 0 Å². The standard InChI is InChI=1S/C29H31N5O3/c1-36-24-10-6-21(7-11-24)17-31-29(35)28-26-20-33(18-22-8-12-25(37-2)13-9-22)16-14-27(26)34(32-28)19-23-5-3-4-15-30-23/h3-13,15H,14,16-20H2,1-2H3,(H,31,35). The molecule has 8 nitrogen and oxygen atoms in total. The van der Waals surface area contributed by atoms with E-state index in [9.17, 15) is 4.79 Å². The molecule has 4 aromatic rings. The van der Waals surface area contributed by atoms with E-state index < -0.39 is 0 Å². The molecule has 3 heterocycles. The normalized spacial score (nSPS) is 13.1. The molecule has 0 bridgehead atoms. The molecule has 0 aliphatic carbocycles. The third-order valence-electron chi connectivity index (χ3n) is 6.64. The molecule has 0 atom stereocenters. The number of methoxy groups -OCH3 is 2. The Balaban J connectivity index is 1.36. The van der Waals surface area contributed by atoms with Crippen LogP contribution in [0.2, 0.25) is 0 Å². The maximum atomic E-state index is 13.4. The SMILES string of the molecule is COc1ccc(CNC(=O)c2nn(Cc3ccccn3)c3c2CN(Cc2ccc(OC)cc2)CC3)cc1. The van der Waals surface area contributed by atoms with E-state index in [-0.39, 0.29) is 5.91 Å². The van der Waals surface area contributed by atoms with Crippen LogP contribution in [0.25, 0.3) is 0 Å². The smallest absolute Gasteiger partial charge is 0.272 e. The first-order valence-corrected chi connectivity index (χ1v) is 12.4. The quantitative estimate of drug-likeness (QED) is 0.379. The van der Waals surface area contributed by atoms with Gasteiger partial charge in [0.05, 0.1) is 26.5 Å². The molecule has 0 spiro atoms. The summed E-state index contributed by atoms with van der Waals surface area (Å²) in [5.74, 6) is 1.46. The molecule has 0 unspecified atom stereocenters. The average molecular weight is 498 g/mol. The topological polar surface area (TPSA) is 81.5 Å². The molecule has 1 aliphatic rings. The van der Waals surface area contributed by atoms with Crippen molar-refractivity contribution in [3.63, 3.8) is 0 Å². The molecule has 1 aliphatic heterocycles. The molecule has 2 aromatic carbocycles. The number of nitrogens with zero attached hydrogens (tertiary/aromatic N) is 4. The Hall–Kier alpha value is -4.17. The lowest BCUT2D eigenvalue weighted by atomic mass is 10.0. The first kappa shape index (κ1) is 24.5. The number of ether oxygens (including phenoxy) is 2. The summed E-state index contributed by atoms with van der Waals surface area (Å²) in [5, 5.41) is 7.85. The molecule has 1 N–H and O–H groups in total. The van der Waals surface area contributed by atoms with E-state index in [4.69, 9.17) is 14.6 Å². The summed E-state index contributed by atoms with van der Waals surface area (Å²) in [6.45, 7) is 3.30. The zero-order chi connectivity index (χ0) is 25.6. The van der Waals surface area contributed by atoms with Crippen LogP contribution in [-0.2, 0) is 32.6 Å². The maximum Gasteiger partial charge on any atom is 0.272 e. The van der Waals surface area contributed by atoms with Crippen molar-refractivity contribution in [2.24, 2.45) is 0 Å². The molecule has 0 fully saturated rings. The van der Waals surface area contributed by atoms with Crippen molar-refractivity contribution in [2.75, 3.05) is 20.8 Å². The lowest BCUT2D eigenvalue weighted by Crippen LogP contribution is -2.32. The van der Waals surface area contributed by atoms with E-state index >= 15 is 0 Å². The molecular formula is C29H31N5O3. The van der Waals surface area contributed by atoms with Gasteiger partial charge in [-0.2, -0.15) is 5.10 Å². The minimum Gasteiger partial charge on any atom is -0.497 e. The van der Waals surface area contributed by atoms with Crippen LogP contribution in [0.3, 0.4) is 0 Å². The highest BCUT2D eigenvalue weighted by atomic mass is 16.5. The molecule has 5 rings (SSSR count). The number of carbonyl (C=O) groups is 1. The fourth-order valence-corrected chi connectivity index (χ4v) is 4.64. The lowest BCUT2D eigenvalue weighted by Gasteiger charge is -2.27. The number of aromatic nitrogens is 3. The van der Waals surface area contributed by atoms with Crippen LogP contribution in [0.5, 0.6) is 11.5 Å². The van der Waals surface area contributed by atoms with E-state index in [1.54, 1.807) is 20.4 Å². The second-order valence-corrected chi connectivity index (χ2v) is 9.09. The van der Waals surface area contributed by atoms with Crippen molar-refractivity contribution in [1.29, 1.82) is 0 Å². The van der Waals surface area contributed by atoms with Crippen LogP contribution in [0.1, 0.15) is 38.6 Å². The van der Waals surface area contributed by atoms with Gasteiger partial charge in [0, 0.05) is 50.1 Å². The summed E-state index contributed by atoms with van der Waals surface area (Å²) in [7, 11) is 3.31. The van der Waals surface area contributed by atoms with Gasteiger partial charge >= 0.3 is 0 Å². The summed E-state index contributed by atoms with van der Waals surface area (Å²) >= 11 is 0. The zero-order valence-corrected chi connectivity index (χ0v) is 21.2. The summed E-state index contributed by atoms with van der Waals surface area (Å²) in [6.07, 6.45) is 2.60. The fourth-order valence-electron chi connectivity index (χ4n) is 4.64. The highest BCUT2D eigenvalue weighted by Crippen LogP contribution is 2.25. The lowest BCUT2D eigenvalue weighted by molar-refractivity contribution is 0.0942. The number of fused-ring (bicyclic) bond motifs is 1. The number of carbonyl (C=O) groups excluding carboxylic acids is 1. The van der Waals surface area contributed by atoms with Gasteiger partial charge in [-0.25, -0.2) is 0 Å². The molecule has 0 saturated heterocycles. The van der Waals surface area contributed by atoms with Gasteiger partial charge in [0.1, 0.15) is 11.5 Å². The van der Waals surface area contributed by atoms with E-state index in [1.165, 1.54) is 5.56 Å².